The summed E-state index contributed by atoms with van der Waals surface area (Å²) in [5.74, 6) is 0.137. The van der Waals surface area contributed by atoms with Gasteiger partial charge >= 0.3 is 0 Å². The Morgan fingerprint density at radius 2 is 2.16 bits per heavy atom. The first kappa shape index (κ1) is 12.7. The number of ether oxygens (including phenoxy) is 2. The van der Waals surface area contributed by atoms with Gasteiger partial charge in [-0.1, -0.05) is 0 Å². The summed E-state index contributed by atoms with van der Waals surface area (Å²) in [5, 5.41) is 0. The van der Waals surface area contributed by atoms with Gasteiger partial charge in [-0.25, -0.2) is 9.97 Å². The molecule has 5 nitrogen and oxygen atoms in total. The molecule has 0 saturated carbocycles. The third-order valence-corrected chi connectivity index (χ3v) is 4.10. The molecule has 1 spiro atoms. The highest BCUT2D eigenvalue weighted by Crippen LogP contribution is 2.37. The fourth-order valence-electron chi connectivity index (χ4n) is 2.99. The van der Waals surface area contributed by atoms with Crippen LogP contribution in [0.3, 0.4) is 0 Å². The van der Waals surface area contributed by atoms with E-state index in [0.717, 1.165) is 38.9 Å². The van der Waals surface area contributed by atoms with E-state index in [9.17, 15) is 4.79 Å². The minimum absolute atomic E-state index is 0.0155. The van der Waals surface area contributed by atoms with Gasteiger partial charge in [0.2, 0.25) is 0 Å². The molecule has 0 amide bonds. The molecule has 19 heavy (non-hydrogen) atoms. The van der Waals surface area contributed by atoms with Gasteiger partial charge in [0.1, 0.15) is 12.0 Å². The lowest BCUT2D eigenvalue weighted by Crippen LogP contribution is -2.46. The molecule has 2 aliphatic rings. The second-order valence-electron chi connectivity index (χ2n) is 5.29. The van der Waals surface area contributed by atoms with Gasteiger partial charge in [-0.15, -0.1) is 0 Å². The molecule has 3 heterocycles. The summed E-state index contributed by atoms with van der Waals surface area (Å²) in [7, 11) is 0. The largest absolute Gasteiger partial charge is 0.381 e. The average Bonchev–Trinajstić information content (AvgIpc) is 2.48. The zero-order chi connectivity index (χ0) is 13.1. The van der Waals surface area contributed by atoms with Gasteiger partial charge in [0, 0.05) is 31.9 Å². The van der Waals surface area contributed by atoms with E-state index in [1.165, 1.54) is 6.33 Å². The number of rotatable bonds is 2. The summed E-state index contributed by atoms with van der Waals surface area (Å²) in [6.07, 6.45) is 6.40. The van der Waals surface area contributed by atoms with Crippen molar-refractivity contribution in [2.24, 2.45) is 5.92 Å². The van der Waals surface area contributed by atoms with Gasteiger partial charge < -0.3 is 9.47 Å². The zero-order valence-electron chi connectivity index (χ0n) is 10.9. The van der Waals surface area contributed by atoms with E-state index in [4.69, 9.17) is 9.47 Å². The van der Waals surface area contributed by atoms with E-state index < -0.39 is 0 Å². The van der Waals surface area contributed by atoms with Gasteiger partial charge in [-0.2, -0.15) is 0 Å². The van der Waals surface area contributed by atoms with Crippen LogP contribution in [0.5, 0.6) is 0 Å². The van der Waals surface area contributed by atoms with E-state index in [1.54, 1.807) is 12.3 Å². The predicted molar refractivity (Wildman–Crippen MR) is 67.8 cm³/mol. The minimum atomic E-state index is -0.149. The molecule has 5 heteroatoms. The number of ketones is 1. The molecule has 2 saturated heterocycles. The fourth-order valence-corrected chi connectivity index (χ4v) is 2.99. The first-order valence-corrected chi connectivity index (χ1v) is 6.81. The van der Waals surface area contributed by atoms with E-state index in [2.05, 4.69) is 9.97 Å². The van der Waals surface area contributed by atoms with Crippen LogP contribution in [0.25, 0.3) is 0 Å². The molecule has 0 N–H and O–H groups in total. The lowest BCUT2D eigenvalue weighted by molar-refractivity contribution is -0.142. The molecule has 2 aliphatic heterocycles. The van der Waals surface area contributed by atoms with Gasteiger partial charge in [0.05, 0.1) is 5.60 Å². The number of nitrogens with zero attached hydrogens (tertiary/aromatic N) is 2. The standard InChI is InChI=1S/C14H18N2O3/c17-13(12-1-5-15-10-16-12)11-2-6-19-14(9-11)3-7-18-8-4-14/h1,5,10-11H,2-4,6-9H2. The van der Waals surface area contributed by atoms with Crippen LogP contribution >= 0.6 is 0 Å². The summed E-state index contributed by atoms with van der Waals surface area (Å²) in [6.45, 7) is 2.12. The Bertz CT molecular complexity index is 438. The monoisotopic (exact) mass is 262 g/mol. The maximum atomic E-state index is 12.4. The maximum Gasteiger partial charge on any atom is 0.184 e. The van der Waals surface area contributed by atoms with Crippen molar-refractivity contribution < 1.29 is 14.3 Å². The predicted octanol–water partition coefficient (Wildman–Crippen LogP) is 1.64. The highest BCUT2D eigenvalue weighted by molar-refractivity contribution is 5.96. The van der Waals surface area contributed by atoms with Gasteiger partial charge in [0.15, 0.2) is 5.78 Å². The smallest absolute Gasteiger partial charge is 0.184 e. The van der Waals surface area contributed by atoms with Crippen molar-refractivity contribution in [1.29, 1.82) is 0 Å². The van der Waals surface area contributed by atoms with Gasteiger partial charge in [-0.3, -0.25) is 4.79 Å². The van der Waals surface area contributed by atoms with Gasteiger partial charge in [-0.05, 0) is 31.7 Å². The van der Waals surface area contributed by atoms with Crippen molar-refractivity contribution in [3.63, 3.8) is 0 Å². The molecule has 1 unspecified atom stereocenters. The van der Waals surface area contributed by atoms with Crippen molar-refractivity contribution in [2.75, 3.05) is 19.8 Å². The Kier molecular flexibility index (Phi) is 3.57. The number of hydrogen-bond acceptors (Lipinski definition) is 5. The molecule has 1 aromatic heterocycles. The van der Waals surface area contributed by atoms with Crippen LogP contribution in [0.4, 0.5) is 0 Å². The SMILES string of the molecule is O=C(c1ccncn1)C1CCOC2(CCOCC2)C1. The van der Waals surface area contributed by atoms with E-state index in [0.29, 0.717) is 12.3 Å². The number of carbonyl (C=O) groups is 1. The minimum Gasteiger partial charge on any atom is -0.381 e. The third-order valence-electron chi connectivity index (χ3n) is 4.10. The number of aromatic nitrogens is 2. The van der Waals surface area contributed by atoms with Crippen LogP contribution in [-0.2, 0) is 9.47 Å². The first-order valence-electron chi connectivity index (χ1n) is 6.81. The lowest BCUT2D eigenvalue weighted by Gasteiger charge is -2.42. The van der Waals surface area contributed by atoms with Crippen molar-refractivity contribution in [3.8, 4) is 0 Å². The fraction of sp³-hybridized carbons (Fsp3) is 0.643. The molecule has 3 rings (SSSR count). The molecular formula is C14H18N2O3. The highest BCUT2D eigenvalue weighted by Gasteiger charge is 2.41. The molecule has 102 valence electrons. The Morgan fingerprint density at radius 3 is 2.89 bits per heavy atom. The highest BCUT2D eigenvalue weighted by atomic mass is 16.5. The Hall–Kier alpha value is -1.33. The van der Waals surface area contributed by atoms with E-state index >= 15 is 0 Å². The average molecular weight is 262 g/mol. The number of Topliss-reactive ketones (excluding diaryl/α,β-unsaturated/α-hetero) is 1. The summed E-state index contributed by atoms with van der Waals surface area (Å²) in [5.41, 5.74) is 0.369. The van der Waals surface area contributed by atoms with Crippen LogP contribution in [0.2, 0.25) is 0 Å². The number of carbonyl (C=O) groups excluding carboxylic acids is 1. The lowest BCUT2D eigenvalue weighted by atomic mass is 9.78. The van der Waals surface area contributed by atoms with Crippen molar-refractivity contribution in [2.45, 2.75) is 31.3 Å². The van der Waals surface area contributed by atoms with E-state index in [-0.39, 0.29) is 17.3 Å². The third kappa shape index (κ3) is 2.67. The summed E-state index contributed by atoms with van der Waals surface area (Å²) >= 11 is 0. The van der Waals surface area contributed by atoms with Crippen LogP contribution < -0.4 is 0 Å². The van der Waals surface area contributed by atoms with Gasteiger partial charge in [0.25, 0.3) is 0 Å². The normalized spacial score (nSPS) is 26.2. The molecular weight excluding hydrogens is 244 g/mol. The Labute approximate surface area is 112 Å². The van der Waals surface area contributed by atoms with Crippen LogP contribution in [-0.4, -0.2) is 41.2 Å². The number of hydrogen-bond donors (Lipinski definition) is 0. The molecule has 0 aromatic carbocycles. The van der Waals surface area contributed by atoms with E-state index in [1.807, 2.05) is 0 Å². The molecule has 2 fully saturated rings. The summed E-state index contributed by atoms with van der Waals surface area (Å²) in [6, 6.07) is 1.69. The van der Waals surface area contributed by atoms with Crippen molar-refractivity contribution in [1.82, 2.24) is 9.97 Å². The second-order valence-corrected chi connectivity index (χ2v) is 5.29. The zero-order valence-corrected chi connectivity index (χ0v) is 10.9. The maximum absolute atomic E-state index is 12.4. The van der Waals surface area contributed by atoms with Crippen molar-refractivity contribution in [3.05, 3.63) is 24.3 Å². The summed E-state index contributed by atoms with van der Waals surface area (Å²) < 4.78 is 11.3. The first-order chi connectivity index (χ1) is 9.29. The molecule has 0 bridgehead atoms. The Balaban J connectivity index is 1.73. The van der Waals surface area contributed by atoms with Crippen LogP contribution in [0.1, 0.15) is 36.2 Å². The topological polar surface area (TPSA) is 61.3 Å². The van der Waals surface area contributed by atoms with Crippen molar-refractivity contribution >= 4 is 5.78 Å². The van der Waals surface area contributed by atoms with Crippen LogP contribution in [0, 0.1) is 5.92 Å². The quantitative estimate of drug-likeness (QED) is 0.758. The molecule has 1 aromatic rings. The molecule has 1 atom stereocenters. The molecule has 0 aliphatic carbocycles. The second kappa shape index (κ2) is 5.35. The Morgan fingerprint density at radius 1 is 1.32 bits per heavy atom. The summed E-state index contributed by atoms with van der Waals surface area (Å²) in [4.78, 5) is 20.4. The van der Waals surface area contributed by atoms with Crippen LogP contribution in [0.15, 0.2) is 18.6 Å². The molecule has 0 radical (unpaired) electrons.